The van der Waals surface area contributed by atoms with Crippen LogP contribution in [-0.2, 0) is 16.6 Å². The lowest BCUT2D eigenvalue weighted by molar-refractivity contribution is -0.144. The highest BCUT2D eigenvalue weighted by Crippen LogP contribution is 2.42. The number of thioether (sulfide) groups is 1. The third-order valence-corrected chi connectivity index (χ3v) is 4.54. The number of carboxylic acid groups (broad SMARTS) is 1. The van der Waals surface area contributed by atoms with Gasteiger partial charge in [-0.1, -0.05) is 31.2 Å². The van der Waals surface area contributed by atoms with Crippen LogP contribution in [0, 0.1) is 0 Å². The molecule has 0 radical (unpaired) electrons. The van der Waals surface area contributed by atoms with Gasteiger partial charge in [0.25, 0.3) is 0 Å². The second-order valence-electron chi connectivity index (χ2n) is 4.49. The van der Waals surface area contributed by atoms with E-state index in [0.29, 0.717) is 0 Å². The molecular formula is C14H18O2S. The van der Waals surface area contributed by atoms with Gasteiger partial charge < -0.3 is 5.11 Å². The molecule has 0 heterocycles. The van der Waals surface area contributed by atoms with Gasteiger partial charge in [-0.2, -0.15) is 11.8 Å². The maximum absolute atomic E-state index is 11.7. The van der Waals surface area contributed by atoms with Crippen LogP contribution in [0.2, 0.25) is 0 Å². The van der Waals surface area contributed by atoms with Crippen molar-refractivity contribution < 1.29 is 9.90 Å². The van der Waals surface area contributed by atoms with E-state index < -0.39 is 11.4 Å². The summed E-state index contributed by atoms with van der Waals surface area (Å²) < 4.78 is 0. The Morgan fingerprint density at radius 1 is 1.47 bits per heavy atom. The fourth-order valence-corrected chi connectivity index (χ4v) is 3.45. The predicted octanol–water partition coefficient (Wildman–Crippen LogP) is 3.10. The number of aliphatic carboxylic acids is 1. The molecule has 1 N–H and O–H groups in total. The molecule has 0 amide bonds. The first-order valence-corrected chi connectivity index (χ1v) is 7.25. The molecule has 92 valence electrons. The Kier molecular flexibility index (Phi) is 3.77. The molecule has 0 saturated carbocycles. The van der Waals surface area contributed by atoms with E-state index in [1.54, 1.807) is 0 Å². The van der Waals surface area contributed by atoms with Crippen molar-refractivity contribution in [3.05, 3.63) is 35.4 Å². The lowest BCUT2D eigenvalue weighted by atomic mass is 9.79. The van der Waals surface area contributed by atoms with Gasteiger partial charge in [-0.05, 0) is 41.9 Å². The summed E-state index contributed by atoms with van der Waals surface area (Å²) in [5, 5.41) is 9.60. The topological polar surface area (TPSA) is 37.3 Å². The van der Waals surface area contributed by atoms with Crippen LogP contribution in [-0.4, -0.2) is 22.6 Å². The van der Waals surface area contributed by atoms with Crippen molar-refractivity contribution in [2.75, 3.05) is 11.5 Å². The van der Waals surface area contributed by atoms with Crippen molar-refractivity contribution >= 4 is 17.7 Å². The first-order chi connectivity index (χ1) is 8.20. The molecule has 1 aliphatic carbocycles. The minimum Gasteiger partial charge on any atom is -0.481 e. The number of hydrogen-bond donors (Lipinski definition) is 1. The minimum atomic E-state index is -0.654. The van der Waals surface area contributed by atoms with Crippen molar-refractivity contribution in [2.24, 2.45) is 0 Å². The Morgan fingerprint density at radius 2 is 2.24 bits per heavy atom. The van der Waals surface area contributed by atoms with Crippen molar-refractivity contribution in [1.29, 1.82) is 0 Å². The highest BCUT2D eigenvalue weighted by molar-refractivity contribution is 7.99. The maximum Gasteiger partial charge on any atom is 0.314 e. The predicted molar refractivity (Wildman–Crippen MR) is 71.7 cm³/mol. The van der Waals surface area contributed by atoms with E-state index in [0.717, 1.165) is 36.3 Å². The van der Waals surface area contributed by atoms with Crippen LogP contribution in [0.3, 0.4) is 0 Å². The van der Waals surface area contributed by atoms with Crippen LogP contribution in [0.15, 0.2) is 24.3 Å². The summed E-state index contributed by atoms with van der Waals surface area (Å²) in [5.74, 6) is 1.33. The van der Waals surface area contributed by atoms with Gasteiger partial charge in [0, 0.05) is 0 Å². The second kappa shape index (κ2) is 5.13. The van der Waals surface area contributed by atoms with E-state index in [4.69, 9.17) is 0 Å². The largest absolute Gasteiger partial charge is 0.481 e. The average molecular weight is 250 g/mol. The highest BCUT2D eigenvalue weighted by atomic mass is 32.2. The molecule has 3 heteroatoms. The first-order valence-electron chi connectivity index (χ1n) is 6.10. The van der Waals surface area contributed by atoms with E-state index in [9.17, 15) is 9.90 Å². The van der Waals surface area contributed by atoms with Gasteiger partial charge in [-0.15, -0.1) is 0 Å². The number of carboxylic acids is 1. The number of carbonyl (C=O) groups is 1. The van der Waals surface area contributed by atoms with E-state index in [1.165, 1.54) is 5.56 Å². The van der Waals surface area contributed by atoms with Gasteiger partial charge >= 0.3 is 5.97 Å². The quantitative estimate of drug-likeness (QED) is 0.816. The Balaban J connectivity index is 2.28. The summed E-state index contributed by atoms with van der Waals surface area (Å²) in [6.45, 7) is 2.11. The summed E-state index contributed by atoms with van der Waals surface area (Å²) in [6, 6.07) is 8.01. The molecular weight excluding hydrogens is 232 g/mol. The van der Waals surface area contributed by atoms with Crippen LogP contribution in [0.25, 0.3) is 0 Å². The summed E-state index contributed by atoms with van der Waals surface area (Å²) in [6.07, 6.45) is 2.41. The minimum absolute atomic E-state index is 0.626. The number of hydrogen-bond acceptors (Lipinski definition) is 2. The third-order valence-electron chi connectivity index (χ3n) is 3.64. The molecule has 0 fully saturated rings. The SMILES string of the molecule is CCSCCC1(C(=O)O)CCc2ccccc21. The smallest absolute Gasteiger partial charge is 0.314 e. The number of aryl methyl sites for hydroxylation is 1. The van der Waals surface area contributed by atoms with Gasteiger partial charge in [0.05, 0.1) is 5.41 Å². The van der Waals surface area contributed by atoms with Crippen LogP contribution >= 0.6 is 11.8 Å². The molecule has 0 saturated heterocycles. The maximum atomic E-state index is 11.7. The van der Waals surface area contributed by atoms with Crippen molar-refractivity contribution in [3.8, 4) is 0 Å². The van der Waals surface area contributed by atoms with Gasteiger partial charge in [0.1, 0.15) is 0 Å². The first kappa shape index (κ1) is 12.5. The molecule has 0 aliphatic heterocycles. The fourth-order valence-electron chi connectivity index (χ4n) is 2.67. The number of fused-ring (bicyclic) bond motifs is 1. The fraction of sp³-hybridized carbons (Fsp3) is 0.500. The van der Waals surface area contributed by atoms with Crippen LogP contribution in [0.5, 0.6) is 0 Å². The van der Waals surface area contributed by atoms with Gasteiger partial charge in [0.15, 0.2) is 0 Å². The normalized spacial score (nSPS) is 22.4. The van der Waals surface area contributed by atoms with E-state index in [2.05, 4.69) is 13.0 Å². The molecule has 2 nitrogen and oxygen atoms in total. The lowest BCUT2D eigenvalue weighted by Crippen LogP contribution is -2.34. The molecule has 1 aromatic rings. The third kappa shape index (κ3) is 2.21. The monoisotopic (exact) mass is 250 g/mol. The summed E-state index contributed by atoms with van der Waals surface area (Å²) in [7, 11) is 0. The standard InChI is InChI=1S/C14H18O2S/c1-2-17-10-9-14(13(15)16)8-7-11-5-3-4-6-12(11)14/h3-6H,2,7-10H2,1H3,(H,15,16). The highest BCUT2D eigenvalue weighted by Gasteiger charge is 2.44. The van der Waals surface area contributed by atoms with E-state index >= 15 is 0 Å². The molecule has 1 aliphatic rings. The van der Waals surface area contributed by atoms with Gasteiger partial charge in [-0.25, -0.2) is 0 Å². The zero-order valence-corrected chi connectivity index (χ0v) is 10.9. The van der Waals surface area contributed by atoms with Crippen molar-refractivity contribution in [2.45, 2.75) is 31.6 Å². The molecule has 17 heavy (non-hydrogen) atoms. The Labute approximate surface area is 106 Å². The molecule has 0 aromatic heterocycles. The molecule has 1 atom stereocenters. The zero-order valence-electron chi connectivity index (χ0n) is 10.1. The second-order valence-corrected chi connectivity index (χ2v) is 5.89. The zero-order chi connectivity index (χ0) is 12.3. The molecule has 1 unspecified atom stereocenters. The Morgan fingerprint density at radius 3 is 2.94 bits per heavy atom. The van der Waals surface area contributed by atoms with Crippen LogP contribution < -0.4 is 0 Å². The number of benzene rings is 1. The van der Waals surface area contributed by atoms with Crippen molar-refractivity contribution in [3.63, 3.8) is 0 Å². The van der Waals surface area contributed by atoms with E-state index in [1.807, 2.05) is 30.0 Å². The summed E-state index contributed by atoms with van der Waals surface area (Å²) in [4.78, 5) is 11.7. The van der Waals surface area contributed by atoms with Gasteiger partial charge in [0.2, 0.25) is 0 Å². The Hall–Kier alpha value is -0.960. The van der Waals surface area contributed by atoms with Gasteiger partial charge in [-0.3, -0.25) is 4.79 Å². The average Bonchev–Trinajstić information content (AvgIpc) is 2.70. The molecule has 0 bridgehead atoms. The summed E-state index contributed by atoms with van der Waals surface area (Å²) in [5.41, 5.74) is 1.64. The van der Waals surface area contributed by atoms with Crippen LogP contribution in [0.4, 0.5) is 0 Å². The molecule has 1 aromatic carbocycles. The Bertz CT molecular complexity index is 416. The van der Waals surface area contributed by atoms with Crippen LogP contribution in [0.1, 0.15) is 30.9 Å². The lowest BCUT2D eigenvalue weighted by Gasteiger charge is -2.25. The summed E-state index contributed by atoms with van der Waals surface area (Å²) >= 11 is 1.82. The molecule has 2 rings (SSSR count). The van der Waals surface area contributed by atoms with E-state index in [-0.39, 0.29) is 0 Å². The molecule has 0 spiro atoms. The van der Waals surface area contributed by atoms with Crippen molar-refractivity contribution in [1.82, 2.24) is 0 Å². The number of rotatable bonds is 5.